The van der Waals surface area contributed by atoms with Crippen molar-refractivity contribution in [2.45, 2.75) is 40.0 Å². The Hall–Kier alpha value is -4.59. The fourth-order valence-corrected chi connectivity index (χ4v) is 4.14. The summed E-state index contributed by atoms with van der Waals surface area (Å²) in [6.07, 6.45) is 14.6. The molecule has 0 fully saturated rings. The zero-order chi connectivity index (χ0) is 29.1. The molecule has 1 aliphatic heterocycles. The minimum atomic E-state index is -0.330. The van der Waals surface area contributed by atoms with Crippen molar-refractivity contribution in [1.29, 1.82) is 5.41 Å². The van der Waals surface area contributed by atoms with Crippen molar-refractivity contribution < 1.29 is 14.4 Å². The second kappa shape index (κ2) is 14.5. The maximum absolute atomic E-state index is 12.9. The lowest BCUT2D eigenvalue weighted by Crippen LogP contribution is -2.30. The van der Waals surface area contributed by atoms with E-state index in [1.807, 2.05) is 56.5 Å². The first-order valence-corrected chi connectivity index (χ1v) is 13.2. The molecule has 0 aliphatic carbocycles. The van der Waals surface area contributed by atoms with E-state index in [1.165, 1.54) is 13.1 Å². The van der Waals surface area contributed by atoms with Crippen molar-refractivity contribution in [3.63, 3.8) is 0 Å². The minimum absolute atomic E-state index is 0.00859. The van der Waals surface area contributed by atoms with Gasteiger partial charge in [0.05, 0.1) is 24.4 Å². The highest BCUT2D eigenvalue weighted by Crippen LogP contribution is 2.18. The third kappa shape index (κ3) is 9.01. The molecule has 2 aromatic rings. The number of pyridine rings is 1. The number of ketones is 1. The first kappa shape index (κ1) is 30.0. The third-order valence-corrected chi connectivity index (χ3v) is 6.31. The van der Waals surface area contributed by atoms with Crippen LogP contribution < -0.4 is 10.6 Å². The van der Waals surface area contributed by atoms with E-state index in [-0.39, 0.29) is 36.4 Å². The standard InChI is InChI=1S/C32H37N5O3/c1-5-25(11-9-23(3)21-37-13-7-6-8-31(37)39)15-26-16-27(19-34-18-26)32(40)36-20-29(33)28-14-22(2)10-12-30(28)35-17-24(4)38/h5,7,9-14,16,18-19,33,35H,1,6,8,15,17,20-21H2,2-4H3,(H,36,40)/b23-9+,25-11+,33-29?. The molecule has 0 unspecified atom stereocenters. The molecular weight excluding hydrogens is 502 g/mol. The molecule has 1 aromatic carbocycles. The summed E-state index contributed by atoms with van der Waals surface area (Å²) in [6, 6.07) is 7.39. The van der Waals surface area contributed by atoms with Gasteiger partial charge in [-0.15, -0.1) is 0 Å². The summed E-state index contributed by atoms with van der Waals surface area (Å²) in [4.78, 5) is 42.3. The lowest BCUT2D eigenvalue weighted by molar-refractivity contribution is -0.128. The summed E-state index contributed by atoms with van der Waals surface area (Å²) in [5.74, 6) is -0.210. The summed E-state index contributed by atoms with van der Waals surface area (Å²) < 4.78 is 0. The minimum Gasteiger partial charge on any atom is -0.377 e. The van der Waals surface area contributed by atoms with Crippen molar-refractivity contribution in [1.82, 2.24) is 15.2 Å². The first-order chi connectivity index (χ1) is 19.2. The molecule has 0 radical (unpaired) electrons. The normalized spacial score (nSPS) is 13.7. The number of aryl methyl sites for hydroxylation is 1. The Bertz CT molecular complexity index is 1390. The van der Waals surface area contributed by atoms with Crippen LogP contribution in [-0.4, -0.2) is 52.8 Å². The molecule has 2 amide bonds. The molecular formula is C32H37N5O3. The topological polar surface area (TPSA) is 115 Å². The van der Waals surface area contributed by atoms with Crippen LogP contribution in [0.5, 0.6) is 0 Å². The van der Waals surface area contributed by atoms with Gasteiger partial charge in [0.2, 0.25) is 5.91 Å². The largest absolute Gasteiger partial charge is 0.377 e. The monoisotopic (exact) mass is 539 g/mol. The number of nitrogens with one attached hydrogen (secondary N) is 3. The molecule has 1 aromatic heterocycles. The molecule has 3 rings (SSSR count). The number of rotatable bonds is 13. The molecule has 2 heterocycles. The predicted molar refractivity (Wildman–Crippen MR) is 160 cm³/mol. The fourth-order valence-electron chi connectivity index (χ4n) is 4.14. The van der Waals surface area contributed by atoms with Gasteiger partial charge < -0.3 is 20.9 Å². The number of benzene rings is 1. The maximum atomic E-state index is 12.9. The number of amides is 2. The molecule has 0 spiro atoms. The molecule has 40 heavy (non-hydrogen) atoms. The third-order valence-electron chi connectivity index (χ3n) is 6.31. The van der Waals surface area contributed by atoms with Crippen LogP contribution >= 0.6 is 0 Å². The Morgan fingerprint density at radius 3 is 2.67 bits per heavy atom. The van der Waals surface area contributed by atoms with E-state index in [1.54, 1.807) is 23.2 Å². The Balaban J connectivity index is 1.63. The number of hydrogen-bond acceptors (Lipinski definition) is 6. The summed E-state index contributed by atoms with van der Waals surface area (Å²) in [5.41, 5.74) is 5.76. The van der Waals surface area contributed by atoms with E-state index in [2.05, 4.69) is 22.2 Å². The van der Waals surface area contributed by atoms with E-state index >= 15 is 0 Å². The van der Waals surface area contributed by atoms with Crippen LogP contribution in [-0.2, 0) is 16.0 Å². The van der Waals surface area contributed by atoms with Crippen LogP contribution in [0.15, 0.2) is 84.9 Å². The van der Waals surface area contributed by atoms with Gasteiger partial charge in [0.15, 0.2) is 0 Å². The van der Waals surface area contributed by atoms with Crippen LogP contribution in [0.4, 0.5) is 5.69 Å². The van der Waals surface area contributed by atoms with Crippen molar-refractivity contribution >= 4 is 29.0 Å². The molecule has 3 N–H and O–H groups in total. The number of Topliss-reactive ketones (excluding diaryl/α,β-unsaturated/α-hetero) is 1. The number of hydrogen-bond donors (Lipinski definition) is 3. The highest BCUT2D eigenvalue weighted by atomic mass is 16.2. The van der Waals surface area contributed by atoms with E-state index in [9.17, 15) is 14.4 Å². The van der Waals surface area contributed by atoms with E-state index in [4.69, 9.17) is 5.41 Å². The van der Waals surface area contributed by atoms with Crippen LogP contribution in [0.25, 0.3) is 0 Å². The number of anilines is 1. The average Bonchev–Trinajstić information content (AvgIpc) is 2.94. The smallest absolute Gasteiger partial charge is 0.253 e. The van der Waals surface area contributed by atoms with Gasteiger partial charge in [-0.2, -0.15) is 0 Å². The number of nitrogens with zero attached hydrogens (tertiary/aromatic N) is 2. The summed E-state index contributed by atoms with van der Waals surface area (Å²) >= 11 is 0. The SMILES string of the molecule is C=C/C(=C\C=C(/C)CN1C=CCCC1=O)Cc1cncc(C(=O)NCC(=N)c2cc(C)ccc2NCC(C)=O)c1. The number of carbonyl (C=O) groups is 3. The van der Waals surface area contributed by atoms with Crippen LogP contribution in [0.1, 0.15) is 53.7 Å². The van der Waals surface area contributed by atoms with Crippen LogP contribution in [0, 0.1) is 12.3 Å². The van der Waals surface area contributed by atoms with Crippen molar-refractivity contribution in [3.05, 3.63) is 107 Å². The number of aromatic nitrogens is 1. The first-order valence-electron chi connectivity index (χ1n) is 13.2. The number of allylic oxidation sites excluding steroid dienone is 5. The van der Waals surface area contributed by atoms with Gasteiger partial charge in [-0.25, -0.2) is 0 Å². The Kier molecular flexibility index (Phi) is 10.9. The van der Waals surface area contributed by atoms with Crippen molar-refractivity contribution in [2.24, 2.45) is 0 Å². The lowest BCUT2D eigenvalue weighted by Gasteiger charge is -2.21. The number of carbonyl (C=O) groups excluding carboxylic acids is 3. The molecule has 208 valence electrons. The van der Waals surface area contributed by atoms with Crippen molar-refractivity contribution in [3.8, 4) is 0 Å². The summed E-state index contributed by atoms with van der Waals surface area (Å²) in [5, 5.41) is 14.4. The quantitative estimate of drug-likeness (QED) is 0.247. The Morgan fingerprint density at radius 1 is 1.15 bits per heavy atom. The molecule has 0 bridgehead atoms. The Labute approximate surface area is 236 Å². The summed E-state index contributed by atoms with van der Waals surface area (Å²) in [6.45, 7) is 10.1. The molecule has 0 atom stereocenters. The zero-order valence-electron chi connectivity index (χ0n) is 23.4. The average molecular weight is 540 g/mol. The van der Waals surface area contributed by atoms with Gasteiger partial charge >= 0.3 is 0 Å². The molecule has 8 nitrogen and oxygen atoms in total. The highest BCUT2D eigenvalue weighted by molar-refractivity contribution is 6.07. The second-order valence-electron chi connectivity index (χ2n) is 9.93. The van der Waals surface area contributed by atoms with Gasteiger partial charge in [0.25, 0.3) is 5.91 Å². The van der Waals surface area contributed by atoms with Crippen LogP contribution in [0.3, 0.4) is 0 Å². The molecule has 1 aliphatic rings. The highest BCUT2D eigenvalue weighted by Gasteiger charge is 2.14. The zero-order valence-corrected chi connectivity index (χ0v) is 23.4. The molecule has 0 saturated heterocycles. The van der Waals surface area contributed by atoms with Gasteiger partial charge in [-0.1, -0.05) is 48.1 Å². The Morgan fingerprint density at radius 2 is 1.95 bits per heavy atom. The summed E-state index contributed by atoms with van der Waals surface area (Å²) in [7, 11) is 0. The van der Waals surface area contributed by atoms with E-state index < -0.39 is 0 Å². The van der Waals surface area contributed by atoms with Gasteiger partial charge in [-0.05, 0) is 62.9 Å². The van der Waals surface area contributed by atoms with Crippen LogP contribution in [0.2, 0.25) is 0 Å². The maximum Gasteiger partial charge on any atom is 0.253 e. The predicted octanol–water partition coefficient (Wildman–Crippen LogP) is 4.93. The van der Waals surface area contributed by atoms with Gasteiger partial charge in [-0.3, -0.25) is 19.4 Å². The van der Waals surface area contributed by atoms with E-state index in [0.717, 1.165) is 28.7 Å². The second-order valence-corrected chi connectivity index (χ2v) is 9.93. The van der Waals surface area contributed by atoms with Gasteiger partial charge in [0.1, 0.15) is 5.78 Å². The lowest BCUT2D eigenvalue weighted by atomic mass is 10.0. The molecule has 8 heteroatoms. The van der Waals surface area contributed by atoms with Gasteiger partial charge in [0, 0.05) is 42.8 Å². The fraction of sp³-hybridized carbons (Fsp3) is 0.281. The molecule has 0 saturated carbocycles. The van der Waals surface area contributed by atoms with Crippen molar-refractivity contribution in [2.75, 3.05) is 25.0 Å². The van der Waals surface area contributed by atoms with E-state index in [0.29, 0.717) is 36.2 Å².